The van der Waals surface area contributed by atoms with E-state index in [2.05, 4.69) is 15.3 Å². The van der Waals surface area contributed by atoms with Gasteiger partial charge in [-0.2, -0.15) is 0 Å². The molecule has 0 bridgehead atoms. The van der Waals surface area contributed by atoms with Gasteiger partial charge in [0.25, 0.3) is 0 Å². The summed E-state index contributed by atoms with van der Waals surface area (Å²) in [5.41, 5.74) is 3.82. The van der Waals surface area contributed by atoms with E-state index in [-0.39, 0.29) is 18.1 Å². The quantitative estimate of drug-likeness (QED) is 0.752. The number of hydrogen-bond acceptors (Lipinski definition) is 7. The number of amides is 1. The normalized spacial score (nSPS) is 20.2. The smallest absolute Gasteiger partial charge is 0.234 e. The number of likely N-dealkylation sites (N-methyl/N-ethyl adjacent to an activating group) is 1. The zero-order chi connectivity index (χ0) is 18.2. The molecule has 0 unspecified atom stereocenters. The molecular formula is C18H24N4O3S. The minimum Gasteiger partial charge on any atom is -0.379 e. The van der Waals surface area contributed by atoms with Crippen LogP contribution in [0.5, 0.6) is 0 Å². The largest absolute Gasteiger partial charge is 0.379 e. The van der Waals surface area contributed by atoms with Crippen LogP contribution < -0.4 is 5.32 Å². The number of pyridine rings is 1. The first kappa shape index (κ1) is 18.9. The Morgan fingerprint density at radius 2 is 2.31 bits per heavy atom. The van der Waals surface area contributed by atoms with Crippen molar-refractivity contribution in [2.75, 3.05) is 26.8 Å². The van der Waals surface area contributed by atoms with E-state index in [1.165, 1.54) is 0 Å². The van der Waals surface area contributed by atoms with Crippen molar-refractivity contribution in [3.05, 3.63) is 46.7 Å². The maximum Gasteiger partial charge on any atom is 0.234 e. The van der Waals surface area contributed by atoms with Gasteiger partial charge < -0.3 is 14.8 Å². The van der Waals surface area contributed by atoms with E-state index in [0.717, 1.165) is 17.7 Å². The summed E-state index contributed by atoms with van der Waals surface area (Å²) in [6, 6.07) is 3.87. The molecule has 3 rings (SSSR count). The molecule has 0 radical (unpaired) electrons. The third-order valence-corrected chi connectivity index (χ3v) is 4.83. The summed E-state index contributed by atoms with van der Waals surface area (Å²) in [7, 11) is 1.93. The molecule has 1 N–H and O–H groups in total. The molecule has 26 heavy (non-hydrogen) atoms. The Labute approximate surface area is 157 Å². The lowest BCUT2D eigenvalue weighted by Gasteiger charge is -2.32. The number of nitrogens with one attached hydrogen (secondary N) is 1. The van der Waals surface area contributed by atoms with Gasteiger partial charge in [0.2, 0.25) is 5.91 Å². The van der Waals surface area contributed by atoms with E-state index in [9.17, 15) is 4.79 Å². The minimum atomic E-state index is -0.153. The lowest BCUT2D eigenvalue weighted by Crippen LogP contribution is -2.51. The van der Waals surface area contributed by atoms with E-state index < -0.39 is 0 Å². The van der Waals surface area contributed by atoms with Gasteiger partial charge in [0.15, 0.2) is 0 Å². The molecule has 0 saturated carbocycles. The van der Waals surface area contributed by atoms with Crippen LogP contribution in [0.25, 0.3) is 0 Å². The number of thiazole rings is 1. The molecule has 1 saturated heterocycles. The van der Waals surface area contributed by atoms with Crippen molar-refractivity contribution in [1.29, 1.82) is 0 Å². The summed E-state index contributed by atoms with van der Waals surface area (Å²) in [5, 5.41) is 5.06. The Balaban J connectivity index is 1.46. The van der Waals surface area contributed by atoms with Crippen LogP contribution in [-0.2, 0) is 27.4 Å². The predicted octanol–water partition coefficient (Wildman–Crippen LogP) is 1.46. The molecule has 2 atom stereocenters. The van der Waals surface area contributed by atoms with E-state index >= 15 is 0 Å². The highest BCUT2D eigenvalue weighted by Gasteiger charge is 2.28. The van der Waals surface area contributed by atoms with E-state index in [1.807, 2.05) is 29.5 Å². The summed E-state index contributed by atoms with van der Waals surface area (Å²) in [6.45, 7) is 2.59. The first-order valence-electron chi connectivity index (χ1n) is 8.64. The zero-order valence-electron chi connectivity index (χ0n) is 14.8. The first-order valence-corrected chi connectivity index (χ1v) is 9.58. The number of carbonyl (C=O) groups excluding carboxylic acids is 1. The topological polar surface area (TPSA) is 76.6 Å². The standard InChI is InChI=1S/C18H24N4O3S/c1-22(8-14-2-5-19-6-3-14)9-18(23)21-16-4-7-24-11-17(16)25-10-15-12-26-13-20-15/h2-3,5-6,12-13,16-17H,4,7-11H2,1H3,(H,21,23)/t16-,17-/m1/s1. The summed E-state index contributed by atoms with van der Waals surface area (Å²) < 4.78 is 11.4. The summed E-state index contributed by atoms with van der Waals surface area (Å²) >= 11 is 1.54. The highest BCUT2D eigenvalue weighted by atomic mass is 32.1. The fraction of sp³-hybridized carbons (Fsp3) is 0.500. The number of ether oxygens (including phenoxy) is 2. The maximum absolute atomic E-state index is 12.4. The molecule has 2 aromatic rings. The van der Waals surface area contributed by atoms with Crippen LogP contribution in [0.4, 0.5) is 0 Å². The van der Waals surface area contributed by atoms with Crippen molar-refractivity contribution in [1.82, 2.24) is 20.2 Å². The Bertz CT molecular complexity index is 668. The first-order chi connectivity index (χ1) is 12.7. The van der Waals surface area contributed by atoms with Gasteiger partial charge in [0, 0.05) is 30.9 Å². The van der Waals surface area contributed by atoms with Gasteiger partial charge in [-0.15, -0.1) is 11.3 Å². The Kier molecular flexibility index (Phi) is 7.07. The van der Waals surface area contributed by atoms with Crippen molar-refractivity contribution in [3.8, 4) is 0 Å². The van der Waals surface area contributed by atoms with E-state index in [0.29, 0.717) is 32.9 Å². The minimum absolute atomic E-state index is 0.00397. The van der Waals surface area contributed by atoms with Crippen molar-refractivity contribution >= 4 is 17.2 Å². The van der Waals surface area contributed by atoms with Gasteiger partial charge in [0.05, 0.1) is 37.0 Å². The molecule has 1 aliphatic rings. The molecule has 3 heterocycles. The van der Waals surface area contributed by atoms with Crippen LogP contribution in [0.1, 0.15) is 17.7 Å². The van der Waals surface area contributed by atoms with Crippen LogP contribution in [-0.4, -0.2) is 59.7 Å². The van der Waals surface area contributed by atoms with Crippen LogP contribution in [0, 0.1) is 0 Å². The van der Waals surface area contributed by atoms with E-state index in [4.69, 9.17) is 9.47 Å². The highest BCUT2D eigenvalue weighted by molar-refractivity contribution is 7.07. The summed E-state index contributed by atoms with van der Waals surface area (Å²) in [4.78, 5) is 22.6. The van der Waals surface area contributed by atoms with Gasteiger partial charge in [-0.05, 0) is 31.2 Å². The molecule has 0 spiro atoms. The number of aromatic nitrogens is 2. The molecule has 0 aromatic carbocycles. The van der Waals surface area contributed by atoms with Crippen LogP contribution in [0.2, 0.25) is 0 Å². The predicted molar refractivity (Wildman–Crippen MR) is 98.6 cm³/mol. The number of rotatable bonds is 8. The zero-order valence-corrected chi connectivity index (χ0v) is 15.7. The van der Waals surface area contributed by atoms with Crippen LogP contribution >= 0.6 is 11.3 Å². The summed E-state index contributed by atoms with van der Waals surface area (Å²) in [6.07, 6.45) is 4.12. The average molecular weight is 376 g/mol. The molecular weight excluding hydrogens is 352 g/mol. The molecule has 1 aliphatic heterocycles. The molecule has 7 nitrogen and oxygen atoms in total. The molecule has 1 amide bonds. The Morgan fingerprint density at radius 3 is 3.08 bits per heavy atom. The second-order valence-corrected chi connectivity index (χ2v) is 7.11. The lowest BCUT2D eigenvalue weighted by atomic mass is 10.1. The van der Waals surface area contributed by atoms with Gasteiger partial charge in [-0.3, -0.25) is 14.7 Å². The second-order valence-electron chi connectivity index (χ2n) is 6.39. The molecule has 2 aromatic heterocycles. The highest BCUT2D eigenvalue weighted by Crippen LogP contribution is 2.14. The Morgan fingerprint density at radius 1 is 1.46 bits per heavy atom. The van der Waals surface area contributed by atoms with Crippen molar-refractivity contribution < 1.29 is 14.3 Å². The SMILES string of the molecule is CN(CC(=O)N[C@@H]1CCOC[C@H]1OCc1cscn1)Cc1ccncc1. The monoisotopic (exact) mass is 376 g/mol. The van der Waals surface area contributed by atoms with Crippen LogP contribution in [0.15, 0.2) is 35.4 Å². The number of carbonyl (C=O) groups is 1. The molecule has 140 valence electrons. The second kappa shape index (κ2) is 9.72. The van der Waals surface area contributed by atoms with Crippen molar-refractivity contribution in [2.24, 2.45) is 0 Å². The van der Waals surface area contributed by atoms with Gasteiger partial charge in [-0.1, -0.05) is 0 Å². The molecule has 8 heteroatoms. The maximum atomic E-state index is 12.4. The third-order valence-electron chi connectivity index (χ3n) is 4.19. The fourth-order valence-corrected chi connectivity index (χ4v) is 3.44. The number of nitrogens with zero attached hydrogens (tertiary/aromatic N) is 3. The van der Waals surface area contributed by atoms with Gasteiger partial charge >= 0.3 is 0 Å². The summed E-state index contributed by atoms with van der Waals surface area (Å²) in [5.74, 6) is -0.00397. The van der Waals surface area contributed by atoms with Gasteiger partial charge in [-0.25, -0.2) is 4.98 Å². The van der Waals surface area contributed by atoms with Crippen molar-refractivity contribution in [3.63, 3.8) is 0 Å². The van der Waals surface area contributed by atoms with Gasteiger partial charge in [0.1, 0.15) is 6.10 Å². The lowest BCUT2D eigenvalue weighted by molar-refractivity contribution is -0.127. The third kappa shape index (κ3) is 5.84. The fourth-order valence-electron chi connectivity index (χ4n) is 2.90. The van der Waals surface area contributed by atoms with Crippen LogP contribution in [0.3, 0.4) is 0 Å². The van der Waals surface area contributed by atoms with Crippen molar-refractivity contribution in [2.45, 2.75) is 31.7 Å². The van der Waals surface area contributed by atoms with E-state index in [1.54, 1.807) is 29.2 Å². The molecule has 0 aliphatic carbocycles. The Hall–Kier alpha value is -1.87. The number of hydrogen-bond donors (Lipinski definition) is 1. The average Bonchev–Trinajstić information content (AvgIpc) is 3.15. The molecule has 1 fully saturated rings.